The van der Waals surface area contributed by atoms with Crippen LogP contribution in [0.5, 0.6) is 28.7 Å². The zero-order valence-corrected chi connectivity index (χ0v) is 22.1. The van der Waals surface area contributed by atoms with Crippen LogP contribution in [0.2, 0.25) is 0 Å². The number of hydrogen-bond donors (Lipinski definition) is 6. The SMILES string of the molecule is COc1cc([C@H](O)[C@@H](CO)Oc2c(OC)cc(/C=C/C=O)cc2OC)ccc1O[C@@H]1O[C@H](CO)[C@@H](O)[C@H](O)[C@H]1O. The standard InChI is InChI=1S/C27H34O13/c1-35-17-11-15(6-7-16(17)39-27-25(34)24(33)23(32)21(13-30)40-27)22(31)20(12-29)38-26-18(36-2)9-14(5-4-8-28)10-19(26)37-3/h4-11,20-25,27,29-34H,12-13H2,1-3H3/b5-4+/t20-,21-,22+,23-,24+,25-,27-/m1/s1. The molecule has 40 heavy (non-hydrogen) atoms. The van der Waals surface area contributed by atoms with Crippen LogP contribution in [0.15, 0.2) is 36.4 Å². The summed E-state index contributed by atoms with van der Waals surface area (Å²) in [4.78, 5) is 10.7. The summed E-state index contributed by atoms with van der Waals surface area (Å²) in [5.74, 6) is 0.743. The molecule has 1 heterocycles. The van der Waals surface area contributed by atoms with Gasteiger partial charge in [-0.3, -0.25) is 4.79 Å². The summed E-state index contributed by atoms with van der Waals surface area (Å²) in [6.45, 7) is -1.23. The third kappa shape index (κ3) is 6.82. The fraction of sp³-hybridized carbons (Fsp3) is 0.444. The first-order chi connectivity index (χ1) is 19.2. The third-order valence-corrected chi connectivity index (χ3v) is 6.27. The van der Waals surface area contributed by atoms with Gasteiger partial charge in [-0.15, -0.1) is 0 Å². The summed E-state index contributed by atoms with van der Waals surface area (Å²) >= 11 is 0. The molecular formula is C27H34O13. The number of carbonyl (C=O) groups excluding carboxylic acids is 1. The van der Waals surface area contributed by atoms with E-state index in [1.807, 2.05) is 0 Å². The molecule has 13 heteroatoms. The summed E-state index contributed by atoms with van der Waals surface area (Å²) in [5, 5.41) is 60.8. The molecular weight excluding hydrogens is 532 g/mol. The van der Waals surface area contributed by atoms with Crippen LogP contribution in [0.1, 0.15) is 17.2 Å². The maximum Gasteiger partial charge on any atom is 0.229 e. The smallest absolute Gasteiger partial charge is 0.229 e. The van der Waals surface area contributed by atoms with Crippen molar-refractivity contribution in [1.29, 1.82) is 0 Å². The zero-order valence-electron chi connectivity index (χ0n) is 22.1. The first-order valence-electron chi connectivity index (χ1n) is 12.2. The number of allylic oxidation sites excluding steroid dienone is 1. The van der Waals surface area contributed by atoms with Gasteiger partial charge in [0.25, 0.3) is 0 Å². The molecule has 0 unspecified atom stereocenters. The van der Waals surface area contributed by atoms with Gasteiger partial charge in [0, 0.05) is 0 Å². The second-order valence-corrected chi connectivity index (χ2v) is 8.76. The number of rotatable bonds is 13. The Hall–Kier alpha value is -3.43. The molecule has 220 valence electrons. The summed E-state index contributed by atoms with van der Waals surface area (Å²) in [5.41, 5.74) is 0.856. The monoisotopic (exact) mass is 566 g/mol. The minimum atomic E-state index is -1.63. The second kappa shape index (κ2) is 14.3. The predicted molar refractivity (Wildman–Crippen MR) is 138 cm³/mol. The van der Waals surface area contributed by atoms with Crippen molar-refractivity contribution in [3.8, 4) is 28.7 Å². The van der Waals surface area contributed by atoms with Crippen LogP contribution in [-0.2, 0) is 9.53 Å². The number of aliphatic hydroxyl groups excluding tert-OH is 6. The van der Waals surface area contributed by atoms with Crippen LogP contribution in [0.25, 0.3) is 6.08 Å². The van der Waals surface area contributed by atoms with E-state index in [4.69, 9.17) is 28.4 Å². The van der Waals surface area contributed by atoms with Crippen molar-refractivity contribution in [2.24, 2.45) is 0 Å². The molecule has 1 saturated heterocycles. The highest BCUT2D eigenvalue weighted by atomic mass is 16.7. The van der Waals surface area contributed by atoms with Crippen molar-refractivity contribution in [2.45, 2.75) is 42.9 Å². The van der Waals surface area contributed by atoms with Gasteiger partial charge in [-0.05, 0) is 41.5 Å². The maximum absolute atomic E-state index is 11.1. The number of ether oxygens (including phenoxy) is 6. The normalized spacial score (nSPS) is 24.3. The van der Waals surface area contributed by atoms with Crippen LogP contribution in [0.4, 0.5) is 0 Å². The van der Waals surface area contributed by atoms with E-state index >= 15 is 0 Å². The highest BCUT2D eigenvalue weighted by Gasteiger charge is 2.45. The lowest BCUT2D eigenvalue weighted by Crippen LogP contribution is -2.60. The van der Waals surface area contributed by atoms with E-state index < -0.39 is 56.1 Å². The molecule has 7 atom stereocenters. The van der Waals surface area contributed by atoms with Gasteiger partial charge in [-0.25, -0.2) is 0 Å². The van der Waals surface area contributed by atoms with Crippen LogP contribution in [0.3, 0.4) is 0 Å². The Morgan fingerprint density at radius 3 is 2.10 bits per heavy atom. The van der Waals surface area contributed by atoms with E-state index in [-0.39, 0.29) is 34.3 Å². The lowest BCUT2D eigenvalue weighted by molar-refractivity contribution is -0.277. The van der Waals surface area contributed by atoms with Crippen LogP contribution in [0, 0.1) is 0 Å². The first-order valence-corrected chi connectivity index (χ1v) is 12.2. The molecule has 1 aliphatic heterocycles. The van der Waals surface area contributed by atoms with Crippen molar-refractivity contribution in [3.05, 3.63) is 47.5 Å². The van der Waals surface area contributed by atoms with Crippen LogP contribution in [-0.4, -0.2) is 108 Å². The van der Waals surface area contributed by atoms with Crippen molar-refractivity contribution < 1.29 is 63.9 Å². The topological polar surface area (TPSA) is 194 Å². The van der Waals surface area contributed by atoms with Gasteiger partial charge in [0.05, 0.1) is 34.5 Å². The third-order valence-electron chi connectivity index (χ3n) is 6.27. The molecule has 6 N–H and O–H groups in total. The van der Waals surface area contributed by atoms with Gasteiger partial charge >= 0.3 is 0 Å². The number of aldehydes is 1. The Labute approximate surface area is 230 Å². The Bertz CT molecular complexity index is 1130. The molecule has 0 aromatic heterocycles. The average Bonchev–Trinajstić information content (AvgIpc) is 2.98. The Morgan fingerprint density at radius 2 is 1.55 bits per heavy atom. The van der Waals surface area contributed by atoms with Gasteiger partial charge in [0.15, 0.2) is 29.1 Å². The lowest BCUT2D eigenvalue weighted by atomic mass is 9.99. The van der Waals surface area contributed by atoms with E-state index in [9.17, 15) is 35.4 Å². The quantitative estimate of drug-likeness (QED) is 0.135. The minimum Gasteiger partial charge on any atom is -0.493 e. The molecule has 0 amide bonds. The number of benzene rings is 2. The molecule has 1 fully saturated rings. The number of methoxy groups -OCH3 is 3. The maximum atomic E-state index is 11.1. The van der Waals surface area contributed by atoms with E-state index in [0.717, 1.165) is 0 Å². The van der Waals surface area contributed by atoms with Gasteiger partial charge in [0.2, 0.25) is 12.0 Å². The molecule has 2 aromatic rings. The predicted octanol–water partition coefficient (Wildman–Crippen LogP) is -0.423. The van der Waals surface area contributed by atoms with Gasteiger partial charge < -0.3 is 59.1 Å². The molecule has 2 aromatic carbocycles. The molecule has 0 bridgehead atoms. The number of carbonyl (C=O) groups is 1. The Kier molecular flexibility index (Phi) is 11.1. The molecule has 3 rings (SSSR count). The summed E-state index contributed by atoms with van der Waals surface area (Å²) in [6.07, 6.45) is -6.54. The van der Waals surface area contributed by atoms with Crippen molar-refractivity contribution in [1.82, 2.24) is 0 Å². The van der Waals surface area contributed by atoms with E-state index in [2.05, 4.69) is 0 Å². The largest absolute Gasteiger partial charge is 0.493 e. The van der Waals surface area contributed by atoms with Gasteiger partial charge in [-0.1, -0.05) is 12.1 Å². The first kappa shape index (κ1) is 31.1. The Morgan fingerprint density at radius 1 is 0.900 bits per heavy atom. The highest BCUT2D eigenvalue weighted by molar-refractivity contribution is 5.75. The zero-order chi connectivity index (χ0) is 29.4. The van der Waals surface area contributed by atoms with E-state index in [1.54, 1.807) is 18.2 Å². The van der Waals surface area contributed by atoms with Gasteiger partial charge in [-0.2, -0.15) is 0 Å². The summed E-state index contributed by atoms with van der Waals surface area (Å²) in [6, 6.07) is 7.46. The number of aliphatic hydroxyl groups is 6. The molecule has 0 radical (unpaired) electrons. The minimum absolute atomic E-state index is 0.0616. The fourth-order valence-corrected chi connectivity index (χ4v) is 4.09. The lowest BCUT2D eigenvalue weighted by Gasteiger charge is -2.39. The fourth-order valence-electron chi connectivity index (χ4n) is 4.09. The molecule has 0 saturated carbocycles. The van der Waals surface area contributed by atoms with E-state index in [0.29, 0.717) is 11.8 Å². The Balaban J connectivity index is 1.85. The molecule has 13 nitrogen and oxygen atoms in total. The molecule has 0 aliphatic carbocycles. The van der Waals surface area contributed by atoms with Gasteiger partial charge in [0.1, 0.15) is 36.8 Å². The second-order valence-electron chi connectivity index (χ2n) is 8.76. The molecule has 1 aliphatic rings. The average molecular weight is 567 g/mol. The van der Waals surface area contributed by atoms with Crippen molar-refractivity contribution >= 4 is 12.4 Å². The molecule has 0 spiro atoms. The summed E-state index contributed by atoms with van der Waals surface area (Å²) < 4.78 is 33.1. The summed E-state index contributed by atoms with van der Waals surface area (Å²) in [7, 11) is 4.14. The highest BCUT2D eigenvalue weighted by Crippen LogP contribution is 2.41. The van der Waals surface area contributed by atoms with Crippen molar-refractivity contribution in [3.63, 3.8) is 0 Å². The van der Waals surface area contributed by atoms with Crippen molar-refractivity contribution in [2.75, 3.05) is 34.5 Å². The van der Waals surface area contributed by atoms with E-state index in [1.165, 1.54) is 45.6 Å². The van der Waals surface area contributed by atoms with Crippen LogP contribution < -0.4 is 23.7 Å². The number of hydrogen-bond acceptors (Lipinski definition) is 13. The van der Waals surface area contributed by atoms with Crippen LogP contribution >= 0.6 is 0 Å².